The molecule has 0 atom stereocenters. The summed E-state index contributed by atoms with van der Waals surface area (Å²) in [5.41, 5.74) is -0.677. The molecule has 25 heavy (non-hydrogen) atoms. The van der Waals surface area contributed by atoms with Gasteiger partial charge in [0.25, 0.3) is 0 Å². The minimum atomic E-state index is -4.35. The van der Waals surface area contributed by atoms with Crippen LogP contribution in [0.15, 0.2) is 29.2 Å². The van der Waals surface area contributed by atoms with Gasteiger partial charge in [-0.1, -0.05) is 13.0 Å². The predicted octanol–water partition coefficient (Wildman–Crippen LogP) is 4.07. The van der Waals surface area contributed by atoms with E-state index >= 15 is 0 Å². The van der Waals surface area contributed by atoms with Crippen LogP contribution in [0.3, 0.4) is 0 Å². The van der Waals surface area contributed by atoms with E-state index in [1.807, 2.05) is 4.90 Å². The van der Waals surface area contributed by atoms with Crippen molar-refractivity contribution in [2.45, 2.75) is 30.8 Å². The Labute approximate surface area is 157 Å². The van der Waals surface area contributed by atoms with Crippen LogP contribution < -0.4 is 5.32 Å². The molecule has 0 spiro atoms. The molecule has 1 heterocycles. The van der Waals surface area contributed by atoms with E-state index in [2.05, 4.69) is 12.2 Å². The third-order valence-corrected chi connectivity index (χ3v) is 5.15. The summed E-state index contributed by atoms with van der Waals surface area (Å²) in [4.78, 5) is 14.5. The topological polar surface area (TPSA) is 32.3 Å². The van der Waals surface area contributed by atoms with Gasteiger partial charge in [-0.25, -0.2) is 0 Å². The van der Waals surface area contributed by atoms with Gasteiger partial charge in [-0.2, -0.15) is 13.2 Å². The van der Waals surface area contributed by atoms with Gasteiger partial charge < -0.3 is 10.2 Å². The van der Waals surface area contributed by atoms with Crippen LogP contribution in [-0.2, 0) is 11.0 Å². The van der Waals surface area contributed by atoms with E-state index in [1.54, 1.807) is 6.07 Å². The number of piperidine rings is 1. The van der Waals surface area contributed by atoms with Crippen LogP contribution in [0.2, 0.25) is 0 Å². The monoisotopic (exact) mass is 396 g/mol. The van der Waals surface area contributed by atoms with E-state index in [-0.39, 0.29) is 24.1 Å². The number of rotatable bonds is 6. The van der Waals surface area contributed by atoms with Crippen molar-refractivity contribution in [1.29, 1.82) is 0 Å². The van der Waals surface area contributed by atoms with Crippen LogP contribution in [0.4, 0.5) is 13.2 Å². The normalized spacial score (nSPS) is 15.8. The molecule has 0 radical (unpaired) electrons. The molecule has 142 valence electrons. The lowest BCUT2D eigenvalue weighted by atomic mass is 9.97. The van der Waals surface area contributed by atoms with Crippen molar-refractivity contribution in [2.24, 2.45) is 5.92 Å². The van der Waals surface area contributed by atoms with Crippen molar-refractivity contribution >= 4 is 30.1 Å². The van der Waals surface area contributed by atoms with E-state index in [0.29, 0.717) is 10.8 Å². The van der Waals surface area contributed by atoms with Crippen molar-refractivity contribution in [1.82, 2.24) is 10.2 Å². The van der Waals surface area contributed by atoms with Crippen molar-refractivity contribution in [3.63, 3.8) is 0 Å². The lowest BCUT2D eigenvalue weighted by molar-refractivity contribution is -0.137. The van der Waals surface area contributed by atoms with Gasteiger partial charge >= 0.3 is 6.18 Å². The molecular formula is C17H24ClF3N2OS. The number of thioether (sulfide) groups is 1. The molecule has 0 bridgehead atoms. The van der Waals surface area contributed by atoms with Gasteiger partial charge in [0.1, 0.15) is 0 Å². The van der Waals surface area contributed by atoms with E-state index < -0.39 is 11.7 Å². The molecule has 0 unspecified atom stereocenters. The van der Waals surface area contributed by atoms with Crippen LogP contribution in [-0.4, -0.2) is 42.7 Å². The first-order valence-corrected chi connectivity index (χ1v) is 9.17. The molecule has 1 aliphatic rings. The zero-order valence-electron chi connectivity index (χ0n) is 14.1. The number of carbonyl (C=O) groups excluding carboxylic acids is 1. The third kappa shape index (κ3) is 7.07. The maximum absolute atomic E-state index is 12.7. The smallest absolute Gasteiger partial charge is 0.342 e. The minimum Gasteiger partial charge on any atom is -0.342 e. The molecule has 1 saturated heterocycles. The number of likely N-dealkylation sites (tertiary alicyclic amines) is 1. The first-order valence-electron chi connectivity index (χ1n) is 8.18. The van der Waals surface area contributed by atoms with Crippen LogP contribution in [0.5, 0.6) is 0 Å². The van der Waals surface area contributed by atoms with Gasteiger partial charge in [0, 0.05) is 18.0 Å². The molecule has 1 aromatic rings. The summed E-state index contributed by atoms with van der Waals surface area (Å²) in [6.07, 6.45) is -2.39. The standard InChI is InChI=1S/C17H23F3N2OS.ClH/c1-2-21-11-13-6-8-22(9-7-13)16(23)12-24-15-5-3-4-14(10-15)17(18,19)20;/h3-5,10,13,21H,2,6-9,11-12H2,1H3;1H. The second kappa shape index (κ2) is 10.3. The zero-order valence-corrected chi connectivity index (χ0v) is 15.8. The Morgan fingerprint density at radius 1 is 1.32 bits per heavy atom. The average molecular weight is 397 g/mol. The molecule has 1 N–H and O–H groups in total. The number of nitrogens with one attached hydrogen (secondary N) is 1. The number of halogens is 4. The van der Waals surface area contributed by atoms with Crippen LogP contribution in [0.1, 0.15) is 25.3 Å². The molecule has 0 saturated carbocycles. The molecule has 8 heteroatoms. The SMILES string of the molecule is CCNCC1CCN(C(=O)CSc2cccc(C(F)(F)F)c2)CC1.Cl. The second-order valence-corrected chi connectivity index (χ2v) is 6.99. The Morgan fingerprint density at radius 3 is 2.60 bits per heavy atom. The van der Waals surface area contributed by atoms with E-state index in [9.17, 15) is 18.0 Å². The predicted molar refractivity (Wildman–Crippen MR) is 97.3 cm³/mol. The number of benzene rings is 1. The highest BCUT2D eigenvalue weighted by Crippen LogP contribution is 2.32. The molecule has 2 rings (SSSR count). The number of nitrogens with zero attached hydrogens (tertiary/aromatic N) is 1. The molecule has 0 aromatic heterocycles. The van der Waals surface area contributed by atoms with Crippen LogP contribution >= 0.6 is 24.2 Å². The largest absolute Gasteiger partial charge is 0.416 e. The fraction of sp³-hybridized carbons (Fsp3) is 0.588. The first-order chi connectivity index (χ1) is 11.4. The summed E-state index contributed by atoms with van der Waals surface area (Å²) in [5.74, 6) is 0.781. The van der Waals surface area contributed by atoms with Crippen molar-refractivity contribution in [3.8, 4) is 0 Å². The quantitative estimate of drug-likeness (QED) is 0.736. The highest BCUT2D eigenvalue weighted by molar-refractivity contribution is 8.00. The van der Waals surface area contributed by atoms with Crippen molar-refractivity contribution < 1.29 is 18.0 Å². The van der Waals surface area contributed by atoms with Crippen LogP contribution in [0, 0.1) is 5.92 Å². The van der Waals surface area contributed by atoms with Gasteiger partial charge in [-0.15, -0.1) is 24.2 Å². The summed E-state index contributed by atoms with van der Waals surface area (Å²) in [6, 6.07) is 5.12. The number of amides is 1. The summed E-state index contributed by atoms with van der Waals surface area (Å²) in [7, 11) is 0. The fourth-order valence-electron chi connectivity index (χ4n) is 2.73. The molecule has 1 aliphatic heterocycles. The number of alkyl halides is 3. The lowest BCUT2D eigenvalue weighted by Gasteiger charge is -2.32. The molecule has 0 aliphatic carbocycles. The van der Waals surface area contributed by atoms with Crippen LogP contribution in [0.25, 0.3) is 0 Å². The number of hydrogen-bond donors (Lipinski definition) is 1. The van der Waals surface area contributed by atoms with Gasteiger partial charge in [0.15, 0.2) is 0 Å². The fourth-order valence-corrected chi connectivity index (χ4v) is 3.59. The van der Waals surface area contributed by atoms with Crippen molar-refractivity contribution in [2.75, 3.05) is 31.9 Å². The Hall–Kier alpha value is -0.920. The second-order valence-electron chi connectivity index (χ2n) is 5.95. The Morgan fingerprint density at radius 2 is 2.00 bits per heavy atom. The highest BCUT2D eigenvalue weighted by Gasteiger charge is 2.30. The van der Waals surface area contributed by atoms with E-state index in [1.165, 1.54) is 6.07 Å². The van der Waals surface area contributed by atoms with Gasteiger partial charge in [0.2, 0.25) is 5.91 Å². The molecular weight excluding hydrogens is 373 g/mol. The Bertz CT molecular complexity index is 549. The van der Waals surface area contributed by atoms with E-state index in [0.717, 1.165) is 62.9 Å². The number of hydrogen-bond acceptors (Lipinski definition) is 3. The summed E-state index contributed by atoms with van der Waals surface area (Å²) in [6.45, 7) is 5.48. The van der Waals surface area contributed by atoms with Crippen molar-refractivity contribution in [3.05, 3.63) is 29.8 Å². The van der Waals surface area contributed by atoms with E-state index in [4.69, 9.17) is 0 Å². The zero-order chi connectivity index (χ0) is 17.6. The maximum atomic E-state index is 12.7. The number of carbonyl (C=O) groups is 1. The Balaban J connectivity index is 0.00000312. The summed E-state index contributed by atoms with van der Waals surface area (Å²) < 4.78 is 38.1. The maximum Gasteiger partial charge on any atom is 0.416 e. The molecule has 1 amide bonds. The molecule has 1 aromatic carbocycles. The summed E-state index contributed by atoms with van der Waals surface area (Å²) in [5, 5.41) is 3.33. The highest BCUT2D eigenvalue weighted by atomic mass is 35.5. The van der Waals surface area contributed by atoms with Gasteiger partial charge in [-0.05, 0) is 50.0 Å². The Kier molecular flexibility index (Phi) is 9.10. The third-order valence-electron chi connectivity index (χ3n) is 4.17. The minimum absolute atomic E-state index is 0. The van der Waals surface area contributed by atoms with Gasteiger partial charge in [0.05, 0.1) is 11.3 Å². The molecule has 1 fully saturated rings. The van der Waals surface area contributed by atoms with Gasteiger partial charge in [-0.3, -0.25) is 4.79 Å². The summed E-state index contributed by atoms with van der Waals surface area (Å²) >= 11 is 1.16. The first kappa shape index (κ1) is 22.1. The molecule has 3 nitrogen and oxygen atoms in total. The average Bonchev–Trinajstić information content (AvgIpc) is 2.58. The lowest BCUT2D eigenvalue weighted by Crippen LogP contribution is -2.41.